The monoisotopic (exact) mass is 342 g/mol. The van der Waals surface area contributed by atoms with Gasteiger partial charge in [-0.1, -0.05) is 0 Å². The lowest BCUT2D eigenvalue weighted by molar-refractivity contribution is -0.919. The van der Waals surface area contributed by atoms with E-state index in [1.807, 2.05) is 30.3 Å². The molecule has 3 heterocycles. The van der Waals surface area contributed by atoms with Crippen LogP contribution in [0.15, 0.2) is 46.5 Å². The Labute approximate surface area is 144 Å². The average molecular weight is 342 g/mol. The zero-order valence-corrected chi connectivity index (χ0v) is 14.1. The molecule has 2 aromatic heterocycles. The minimum Gasteiger partial charge on any atom is -0.463 e. The van der Waals surface area contributed by atoms with Crippen LogP contribution in [0.2, 0.25) is 0 Å². The zero-order chi connectivity index (χ0) is 16.4. The molecule has 0 unspecified atom stereocenters. The van der Waals surface area contributed by atoms with Crippen molar-refractivity contribution < 1.29 is 14.1 Å². The molecular weight excluding hydrogens is 322 g/mol. The first-order chi connectivity index (χ1) is 11.8. The van der Waals surface area contributed by atoms with Gasteiger partial charge in [-0.15, -0.1) is 11.3 Å². The van der Waals surface area contributed by atoms with Gasteiger partial charge < -0.3 is 14.6 Å². The number of hydrogen-bond donors (Lipinski definition) is 2. The first kappa shape index (κ1) is 15.4. The second-order valence-electron chi connectivity index (χ2n) is 6.18. The van der Waals surface area contributed by atoms with E-state index < -0.39 is 0 Å². The third-order valence-corrected chi connectivity index (χ3v) is 5.48. The minimum absolute atomic E-state index is 0.0412. The summed E-state index contributed by atoms with van der Waals surface area (Å²) in [6.45, 7) is 2.85. The second-order valence-corrected chi connectivity index (χ2v) is 7.06. The van der Waals surface area contributed by atoms with Gasteiger partial charge >= 0.3 is 0 Å². The lowest BCUT2D eigenvalue weighted by Crippen LogP contribution is -3.11. The van der Waals surface area contributed by atoms with Crippen molar-refractivity contribution in [2.24, 2.45) is 0 Å². The van der Waals surface area contributed by atoms with Crippen LogP contribution in [0.5, 0.6) is 0 Å². The smallest absolute Gasteiger partial charge is 0.251 e. The van der Waals surface area contributed by atoms with Crippen molar-refractivity contribution in [3.63, 3.8) is 0 Å². The van der Waals surface area contributed by atoms with Crippen molar-refractivity contribution in [3.05, 3.63) is 53.4 Å². The van der Waals surface area contributed by atoms with Gasteiger partial charge in [-0.25, -0.2) is 4.98 Å². The highest BCUT2D eigenvalue weighted by molar-refractivity contribution is 7.16. The Morgan fingerprint density at radius 1 is 1.33 bits per heavy atom. The van der Waals surface area contributed by atoms with Gasteiger partial charge in [0.2, 0.25) is 0 Å². The molecule has 1 saturated heterocycles. The van der Waals surface area contributed by atoms with Gasteiger partial charge in [-0.05, 0) is 30.3 Å². The quantitative estimate of drug-likeness (QED) is 0.746. The first-order valence-corrected chi connectivity index (χ1v) is 9.18. The summed E-state index contributed by atoms with van der Waals surface area (Å²) in [5.74, 6) is 0.908. The number of furan rings is 1. The summed E-state index contributed by atoms with van der Waals surface area (Å²) >= 11 is 1.55. The number of carbonyl (C=O) groups excluding carboxylic acids is 1. The number of nitrogens with zero attached hydrogens (tertiary/aromatic N) is 1. The van der Waals surface area contributed by atoms with Crippen LogP contribution < -0.4 is 10.2 Å². The van der Waals surface area contributed by atoms with E-state index in [-0.39, 0.29) is 11.9 Å². The van der Waals surface area contributed by atoms with Crippen molar-refractivity contribution >= 4 is 27.5 Å². The molecule has 1 aliphatic rings. The highest BCUT2D eigenvalue weighted by atomic mass is 32.1. The third-order valence-electron chi connectivity index (χ3n) is 4.69. The Bertz CT molecular complexity index is 822. The molecule has 3 aromatic rings. The molecule has 6 heteroatoms. The fraction of sp³-hybridized carbons (Fsp3) is 0.333. The highest BCUT2D eigenvalue weighted by Crippen LogP contribution is 2.19. The number of thiazole rings is 1. The van der Waals surface area contributed by atoms with E-state index in [0.717, 1.165) is 29.1 Å². The Morgan fingerprint density at radius 3 is 3.00 bits per heavy atom. The van der Waals surface area contributed by atoms with Crippen LogP contribution in [0, 0.1) is 0 Å². The van der Waals surface area contributed by atoms with Gasteiger partial charge in [0, 0.05) is 18.4 Å². The molecule has 1 atom stereocenters. The number of aromatic nitrogens is 1. The van der Waals surface area contributed by atoms with Crippen molar-refractivity contribution in [1.29, 1.82) is 0 Å². The van der Waals surface area contributed by atoms with Crippen LogP contribution in [0.3, 0.4) is 0 Å². The molecule has 124 valence electrons. The van der Waals surface area contributed by atoms with Gasteiger partial charge in [0.15, 0.2) is 11.8 Å². The fourth-order valence-electron chi connectivity index (χ4n) is 3.41. The number of amides is 1. The molecule has 0 radical (unpaired) electrons. The second kappa shape index (κ2) is 6.75. The summed E-state index contributed by atoms with van der Waals surface area (Å²) in [7, 11) is 0. The van der Waals surface area contributed by atoms with Crippen LogP contribution in [0.4, 0.5) is 0 Å². The minimum atomic E-state index is -0.0412. The van der Waals surface area contributed by atoms with E-state index in [0.29, 0.717) is 12.1 Å². The largest absolute Gasteiger partial charge is 0.463 e. The molecular formula is C18H20N3O2S+. The van der Waals surface area contributed by atoms with Crippen molar-refractivity contribution in [3.8, 4) is 0 Å². The highest BCUT2D eigenvalue weighted by Gasteiger charge is 2.29. The molecule has 1 amide bonds. The van der Waals surface area contributed by atoms with Gasteiger partial charge in [0.05, 0.1) is 41.6 Å². The van der Waals surface area contributed by atoms with Crippen molar-refractivity contribution in [2.75, 3.05) is 19.6 Å². The van der Waals surface area contributed by atoms with Gasteiger partial charge in [-0.3, -0.25) is 4.79 Å². The summed E-state index contributed by atoms with van der Waals surface area (Å²) in [6, 6.07) is 9.74. The summed E-state index contributed by atoms with van der Waals surface area (Å²) in [6.07, 6.45) is 4.18. The lowest BCUT2D eigenvalue weighted by atomic mass is 10.1. The standard InChI is InChI=1S/C18H19N3O2S/c22-18(13-5-6-14-17(10-13)24-12-20-14)19-11-15(16-4-3-9-23-16)21-7-1-2-8-21/h3-6,9-10,12,15H,1-2,7-8,11H2,(H,19,22)/p+1/t15-/m1/s1. The number of carbonyl (C=O) groups is 1. The van der Waals surface area contributed by atoms with Crippen LogP contribution in [0.25, 0.3) is 10.2 Å². The third kappa shape index (κ3) is 3.07. The van der Waals surface area contributed by atoms with E-state index >= 15 is 0 Å². The summed E-state index contributed by atoms with van der Waals surface area (Å²) in [5.41, 5.74) is 3.42. The maximum Gasteiger partial charge on any atom is 0.251 e. The molecule has 4 rings (SSSR count). The molecule has 24 heavy (non-hydrogen) atoms. The number of hydrogen-bond acceptors (Lipinski definition) is 4. The molecule has 5 nitrogen and oxygen atoms in total. The normalized spacial score (nSPS) is 16.5. The van der Waals surface area contributed by atoms with Crippen molar-refractivity contribution in [1.82, 2.24) is 10.3 Å². The van der Waals surface area contributed by atoms with Crippen LogP contribution in [0.1, 0.15) is 35.0 Å². The predicted molar refractivity (Wildman–Crippen MR) is 93.3 cm³/mol. The Morgan fingerprint density at radius 2 is 2.21 bits per heavy atom. The number of fused-ring (bicyclic) bond motifs is 1. The van der Waals surface area contributed by atoms with E-state index in [1.54, 1.807) is 23.1 Å². The number of quaternary nitrogens is 1. The van der Waals surface area contributed by atoms with Crippen LogP contribution >= 0.6 is 11.3 Å². The topological polar surface area (TPSA) is 59.6 Å². The lowest BCUT2D eigenvalue weighted by Gasteiger charge is -2.23. The predicted octanol–water partition coefficient (Wildman–Crippen LogP) is 2.04. The molecule has 0 bridgehead atoms. The van der Waals surface area contributed by atoms with Gasteiger partial charge in [-0.2, -0.15) is 0 Å². The molecule has 0 saturated carbocycles. The van der Waals surface area contributed by atoms with E-state index in [9.17, 15) is 4.79 Å². The Balaban J connectivity index is 1.47. The molecule has 2 N–H and O–H groups in total. The SMILES string of the molecule is O=C(NC[C@H](c1ccco1)[NH+]1CCCC1)c1ccc2ncsc2c1. The first-order valence-electron chi connectivity index (χ1n) is 8.31. The molecule has 1 aromatic carbocycles. The Kier molecular flexibility index (Phi) is 4.32. The van der Waals surface area contributed by atoms with Gasteiger partial charge in [0.1, 0.15) is 0 Å². The fourth-order valence-corrected chi connectivity index (χ4v) is 4.12. The molecule has 1 fully saturated rings. The maximum absolute atomic E-state index is 12.5. The zero-order valence-electron chi connectivity index (χ0n) is 13.3. The summed E-state index contributed by atoms with van der Waals surface area (Å²) in [4.78, 5) is 18.3. The molecule has 0 spiro atoms. The maximum atomic E-state index is 12.5. The summed E-state index contributed by atoms with van der Waals surface area (Å²) < 4.78 is 6.65. The van der Waals surface area contributed by atoms with E-state index in [4.69, 9.17) is 4.42 Å². The van der Waals surface area contributed by atoms with E-state index in [2.05, 4.69) is 10.3 Å². The molecule has 0 aliphatic carbocycles. The van der Waals surface area contributed by atoms with Crippen LogP contribution in [-0.4, -0.2) is 30.5 Å². The number of rotatable bonds is 5. The average Bonchev–Trinajstić information content (AvgIpc) is 3.36. The van der Waals surface area contributed by atoms with Crippen LogP contribution in [-0.2, 0) is 0 Å². The number of nitrogens with one attached hydrogen (secondary N) is 2. The molecule has 1 aliphatic heterocycles. The van der Waals surface area contributed by atoms with Gasteiger partial charge in [0.25, 0.3) is 5.91 Å². The van der Waals surface area contributed by atoms with Crippen molar-refractivity contribution in [2.45, 2.75) is 18.9 Å². The Hall–Kier alpha value is -2.18. The van der Waals surface area contributed by atoms with E-state index in [1.165, 1.54) is 17.7 Å². The number of likely N-dealkylation sites (tertiary alicyclic amines) is 1. The summed E-state index contributed by atoms with van der Waals surface area (Å²) in [5, 5.41) is 3.09. The number of benzene rings is 1.